The first-order chi connectivity index (χ1) is 10.6. The summed E-state index contributed by atoms with van der Waals surface area (Å²) in [5.74, 6) is 1.70. The standard InChI is InChI=1S/C17H23N3O2/c1-12-9-15(16(21)11-19-7-5-4-6-8-19)14(3)20(12)17-10-13(2)22-18-17/h9-10H,4-8,11H2,1-3H3. The third-order valence-electron chi connectivity index (χ3n) is 4.39. The summed E-state index contributed by atoms with van der Waals surface area (Å²) in [6.45, 7) is 8.42. The minimum Gasteiger partial charge on any atom is -0.360 e. The lowest BCUT2D eigenvalue weighted by Crippen LogP contribution is -2.34. The first kappa shape index (κ1) is 15.0. The van der Waals surface area contributed by atoms with Crippen molar-refractivity contribution in [2.24, 2.45) is 0 Å². The van der Waals surface area contributed by atoms with E-state index >= 15 is 0 Å². The highest BCUT2D eigenvalue weighted by atomic mass is 16.5. The number of ketones is 1. The van der Waals surface area contributed by atoms with Crippen LogP contribution in [0.1, 0.15) is 46.8 Å². The molecule has 2 aromatic rings. The molecule has 0 unspecified atom stereocenters. The van der Waals surface area contributed by atoms with Gasteiger partial charge >= 0.3 is 0 Å². The lowest BCUT2D eigenvalue weighted by Gasteiger charge is -2.25. The highest BCUT2D eigenvalue weighted by Crippen LogP contribution is 2.21. The van der Waals surface area contributed by atoms with Crippen LogP contribution in [0.15, 0.2) is 16.7 Å². The van der Waals surface area contributed by atoms with Gasteiger partial charge in [0.2, 0.25) is 0 Å². The van der Waals surface area contributed by atoms with Crippen LogP contribution in [0.5, 0.6) is 0 Å². The largest absolute Gasteiger partial charge is 0.360 e. The Labute approximate surface area is 130 Å². The van der Waals surface area contributed by atoms with Gasteiger partial charge in [-0.3, -0.25) is 14.3 Å². The summed E-state index contributed by atoms with van der Waals surface area (Å²) in [7, 11) is 0. The second-order valence-corrected chi connectivity index (χ2v) is 6.18. The van der Waals surface area contributed by atoms with E-state index in [-0.39, 0.29) is 5.78 Å². The Morgan fingerprint density at radius 3 is 2.55 bits per heavy atom. The van der Waals surface area contributed by atoms with Crippen molar-refractivity contribution in [2.45, 2.75) is 40.0 Å². The van der Waals surface area contributed by atoms with Gasteiger partial charge in [-0.1, -0.05) is 11.6 Å². The van der Waals surface area contributed by atoms with Crippen LogP contribution in [-0.2, 0) is 0 Å². The third-order valence-corrected chi connectivity index (χ3v) is 4.39. The Balaban J connectivity index is 1.84. The van der Waals surface area contributed by atoms with Gasteiger partial charge in [0.05, 0.1) is 6.54 Å². The van der Waals surface area contributed by atoms with Crippen LogP contribution in [-0.4, -0.2) is 40.0 Å². The molecule has 0 saturated carbocycles. The van der Waals surface area contributed by atoms with Crippen LogP contribution >= 0.6 is 0 Å². The highest BCUT2D eigenvalue weighted by molar-refractivity contribution is 5.99. The van der Waals surface area contributed by atoms with Crippen molar-refractivity contribution in [1.29, 1.82) is 0 Å². The Morgan fingerprint density at radius 1 is 1.18 bits per heavy atom. The first-order valence-electron chi connectivity index (χ1n) is 7.94. The quantitative estimate of drug-likeness (QED) is 0.814. The van der Waals surface area contributed by atoms with Crippen LogP contribution < -0.4 is 0 Å². The molecule has 1 saturated heterocycles. The van der Waals surface area contributed by atoms with Crippen molar-refractivity contribution in [2.75, 3.05) is 19.6 Å². The zero-order valence-corrected chi connectivity index (χ0v) is 13.6. The molecule has 5 nitrogen and oxygen atoms in total. The Bertz CT molecular complexity index is 678. The first-order valence-corrected chi connectivity index (χ1v) is 7.94. The summed E-state index contributed by atoms with van der Waals surface area (Å²) in [6.07, 6.45) is 3.68. The monoisotopic (exact) mass is 301 g/mol. The predicted molar refractivity (Wildman–Crippen MR) is 84.7 cm³/mol. The smallest absolute Gasteiger partial charge is 0.180 e. The number of nitrogens with zero attached hydrogens (tertiary/aromatic N) is 3. The third kappa shape index (κ3) is 2.86. The topological polar surface area (TPSA) is 51.3 Å². The molecule has 0 bridgehead atoms. The molecular weight excluding hydrogens is 278 g/mol. The van der Waals surface area contributed by atoms with Crippen LogP contribution in [0.2, 0.25) is 0 Å². The SMILES string of the molecule is Cc1cc(-n2c(C)cc(C(=O)CN3CCCCC3)c2C)no1. The van der Waals surface area contributed by atoms with Gasteiger partial charge in [0, 0.05) is 23.0 Å². The van der Waals surface area contributed by atoms with Gasteiger partial charge in [0.1, 0.15) is 5.76 Å². The fourth-order valence-corrected chi connectivity index (χ4v) is 3.26. The van der Waals surface area contributed by atoms with E-state index in [9.17, 15) is 4.79 Å². The lowest BCUT2D eigenvalue weighted by molar-refractivity contribution is 0.0915. The van der Waals surface area contributed by atoms with Crippen molar-refractivity contribution in [3.8, 4) is 5.82 Å². The molecule has 3 heterocycles. The number of rotatable bonds is 4. The molecule has 0 spiro atoms. The van der Waals surface area contributed by atoms with Crippen molar-refractivity contribution >= 4 is 5.78 Å². The Kier molecular flexibility index (Phi) is 4.16. The molecule has 0 atom stereocenters. The van der Waals surface area contributed by atoms with Gasteiger partial charge in [0.15, 0.2) is 11.6 Å². The predicted octanol–water partition coefficient (Wildman–Crippen LogP) is 3.06. The van der Waals surface area contributed by atoms with Crippen LogP contribution in [0.25, 0.3) is 5.82 Å². The molecule has 22 heavy (non-hydrogen) atoms. The minimum absolute atomic E-state index is 0.196. The second-order valence-electron chi connectivity index (χ2n) is 6.18. The van der Waals surface area contributed by atoms with Gasteiger partial charge in [-0.25, -0.2) is 0 Å². The molecule has 3 rings (SSSR count). The number of carbonyl (C=O) groups is 1. The molecule has 0 amide bonds. The molecule has 0 aliphatic carbocycles. The van der Waals surface area contributed by atoms with Gasteiger partial charge in [-0.15, -0.1) is 0 Å². The van der Waals surface area contributed by atoms with E-state index in [1.165, 1.54) is 19.3 Å². The molecule has 118 valence electrons. The number of hydrogen-bond donors (Lipinski definition) is 0. The van der Waals surface area contributed by atoms with Crippen molar-refractivity contribution in [3.05, 3.63) is 34.8 Å². The zero-order chi connectivity index (χ0) is 15.7. The van der Waals surface area contributed by atoms with Crippen LogP contribution in [0, 0.1) is 20.8 Å². The molecular formula is C17H23N3O2. The minimum atomic E-state index is 0.196. The normalized spacial score (nSPS) is 16.1. The lowest BCUT2D eigenvalue weighted by atomic mass is 10.1. The highest BCUT2D eigenvalue weighted by Gasteiger charge is 2.21. The number of Topliss-reactive ketones (excluding diaryl/α,β-unsaturated/α-hetero) is 1. The summed E-state index contributed by atoms with van der Waals surface area (Å²) in [5, 5.41) is 4.06. The van der Waals surface area contributed by atoms with Crippen molar-refractivity contribution < 1.29 is 9.32 Å². The van der Waals surface area contributed by atoms with Gasteiger partial charge < -0.3 is 4.52 Å². The van der Waals surface area contributed by atoms with E-state index in [2.05, 4.69) is 10.1 Å². The summed E-state index contributed by atoms with van der Waals surface area (Å²) >= 11 is 0. The summed E-state index contributed by atoms with van der Waals surface area (Å²) in [6, 6.07) is 3.85. The van der Waals surface area contributed by atoms with E-state index in [1.807, 2.05) is 37.5 Å². The summed E-state index contributed by atoms with van der Waals surface area (Å²) in [5.41, 5.74) is 2.74. The van der Waals surface area contributed by atoms with Crippen molar-refractivity contribution in [3.63, 3.8) is 0 Å². The molecule has 0 aromatic carbocycles. The maximum absolute atomic E-state index is 12.6. The van der Waals surface area contributed by atoms with Crippen molar-refractivity contribution in [1.82, 2.24) is 14.6 Å². The maximum Gasteiger partial charge on any atom is 0.180 e. The molecule has 2 aromatic heterocycles. The Morgan fingerprint density at radius 2 is 1.91 bits per heavy atom. The van der Waals surface area contributed by atoms with E-state index in [0.717, 1.165) is 41.6 Å². The van der Waals surface area contributed by atoms with E-state index in [4.69, 9.17) is 4.52 Å². The summed E-state index contributed by atoms with van der Waals surface area (Å²) in [4.78, 5) is 14.9. The number of piperidine rings is 1. The molecule has 5 heteroatoms. The summed E-state index contributed by atoms with van der Waals surface area (Å²) < 4.78 is 7.14. The van der Waals surface area contributed by atoms with E-state index in [0.29, 0.717) is 6.54 Å². The van der Waals surface area contributed by atoms with Crippen LogP contribution in [0.3, 0.4) is 0 Å². The molecule has 1 aliphatic heterocycles. The molecule has 0 radical (unpaired) electrons. The Hall–Kier alpha value is -1.88. The fraction of sp³-hybridized carbons (Fsp3) is 0.529. The number of hydrogen-bond acceptors (Lipinski definition) is 4. The number of aromatic nitrogens is 2. The van der Waals surface area contributed by atoms with Gasteiger partial charge in [-0.2, -0.15) is 0 Å². The number of likely N-dealkylation sites (tertiary alicyclic amines) is 1. The van der Waals surface area contributed by atoms with Crippen LogP contribution in [0.4, 0.5) is 0 Å². The number of carbonyl (C=O) groups excluding carboxylic acids is 1. The maximum atomic E-state index is 12.6. The second kappa shape index (κ2) is 6.08. The average molecular weight is 301 g/mol. The van der Waals surface area contributed by atoms with E-state index < -0.39 is 0 Å². The zero-order valence-electron chi connectivity index (χ0n) is 13.6. The van der Waals surface area contributed by atoms with E-state index in [1.54, 1.807) is 0 Å². The molecule has 1 aliphatic rings. The number of aryl methyl sites for hydroxylation is 2. The van der Waals surface area contributed by atoms with Gasteiger partial charge in [-0.05, 0) is 52.8 Å². The average Bonchev–Trinajstić information content (AvgIpc) is 3.03. The van der Waals surface area contributed by atoms with Gasteiger partial charge in [0.25, 0.3) is 0 Å². The molecule has 1 fully saturated rings. The fourth-order valence-electron chi connectivity index (χ4n) is 3.26. The molecule has 0 N–H and O–H groups in total.